The molecule has 2 nitrogen and oxygen atoms in total. The molecular weight excluding hydrogens is 238 g/mol. The van der Waals surface area contributed by atoms with E-state index in [1.54, 1.807) is 6.92 Å². The quantitative estimate of drug-likeness (QED) is 0.880. The van der Waals surface area contributed by atoms with Crippen molar-refractivity contribution in [3.05, 3.63) is 59.2 Å². The first kappa shape index (κ1) is 12.2. The van der Waals surface area contributed by atoms with Gasteiger partial charge in [-0.15, -0.1) is 0 Å². The molecule has 2 rings (SSSR count). The van der Waals surface area contributed by atoms with Crippen LogP contribution in [-0.4, -0.2) is 11.1 Å². The van der Waals surface area contributed by atoms with Crippen molar-refractivity contribution in [1.29, 1.82) is 0 Å². The first-order valence-electron chi connectivity index (χ1n) is 5.28. The maximum absolute atomic E-state index is 13.6. The van der Waals surface area contributed by atoms with Gasteiger partial charge in [-0.2, -0.15) is 0 Å². The summed E-state index contributed by atoms with van der Waals surface area (Å²) in [4.78, 5) is 10.8. The summed E-state index contributed by atoms with van der Waals surface area (Å²) in [6.07, 6.45) is 0. The summed E-state index contributed by atoms with van der Waals surface area (Å²) in [6, 6.07) is 7.47. The molecule has 2 aromatic rings. The minimum absolute atomic E-state index is 0.119. The van der Waals surface area contributed by atoms with Crippen LogP contribution in [-0.2, 0) is 0 Å². The predicted octanol–water partition coefficient (Wildman–Crippen LogP) is 3.64. The predicted molar refractivity (Wildman–Crippen MR) is 63.5 cm³/mol. The lowest BCUT2D eigenvalue weighted by atomic mass is 9.98. The van der Waals surface area contributed by atoms with E-state index in [9.17, 15) is 13.6 Å². The molecule has 0 saturated heterocycles. The van der Waals surface area contributed by atoms with Gasteiger partial charge in [0.1, 0.15) is 11.6 Å². The summed E-state index contributed by atoms with van der Waals surface area (Å²) < 4.78 is 26.7. The van der Waals surface area contributed by atoms with E-state index >= 15 is 0 Å². The molecule has 0 aromatic heterocycles. The minimum atomic E-state index is -1.05. The number of carbonyl (C=O) groups is 1. The van der Waals surface area contributed by atoms with Crippen molar-refractivity contribution in [2.45, 2.75) is 6.92 Å². The third-order valence-corrected chi connectivity index (χ3v) is 2.69. The standard InChI is InChI=1S/C14H10F2O2/c1-8-6-9(14(17)18)2-4-11(8)12-7-10(15)3-5-13(12)16/h2-7H,1H3,(H,17,18). The number of carboxylic acid groups (broad SMARTS) is 1. The number of carboxylic acids is 1. The summed E-state index contributed by atoms with van der Waals surface area (Å²) in [6.45, 7) is 1.66. The van der Waals surface area contributed by atoms with E-state index in [4.69, 9.17) is 5.11 Å². The van der Waals surface area contributed by atoms with Crippen LogP contribution in [0.1, 0.15) is 15.9 Å². The SMILES string of the molecule is Cc1cc(C(=O)O)ccc1-c1cc(F)ccc1F. The van der Waals surface area contributed by atoms with Crippen molar-refractivity contribution in [2.24, 2.45) is 0 Å². The van der Waals surface area contributed by atoms with Gasteiger partial charge in [0.15, 0.2) is 0 Å². The Kier molecular flexibility index (Phi) is 3.10. The molecule has 0 aliphatic rings. The van der Waals surface area contributed by atoms with Gasteiger partial charge in [0.05, 0.1) is 5.56 Å². The van der Waals surface area contributed by atoms with Crippen LogP contribution in [0, 0.1) is 18.6 Å². The van der Waals surface area contributed by atoms with E-state index in [-0.39, 0.29) is 11.1 Å². The highest BCUT2D eigenvalue weighted by Crippen LogP contribution is 2.27. The fourth-order valence-electron chi connectivity index (χ4n) is 1.80. The third-order valence-electron chi connectivity index (χ3n) is 2.69. The van der Waals surface area contributed by atoms with Crippen molar-refractivity contribution in [2.75, 3.05) is 0 Å². The Morgan fingerprint density at radius 1 is 1.06 bits per heavy atom. The zero-order valence-electron chi connectivity index (χ0n) is 9.58. The van der Waals surface area contributed by atoms with Crippen molar-refractivity contribution in [1.82, 2.24) is 0 Å². The van der Waals surface area contributed by atoms with Crippen LogP contribution < -0.4 is 0 Å². The Morgan fingerprint density at radius 2 is 1.78 bits per heavy atom. The Hall–Kier alpha value is -2.23. The molecule has 0 aliphatic heterocycles. The number of rotatable bonds is 2. The fraction of sp³-hybridized carbons (Fsp3) is 0.0714. The van der Waals surface area contributed by atoms with Crippen LogP contribution in [0.3, 0.4) is 0 Å². The molecule has 92 valence electrons. The van der Waals surface area contributed by atoms with E-state index in [2.05, 4.69) is 0 Å². The molecular formula is C14H10F2O2. The molecule has 4 heteroatoms. The largest absolute Gasteiger partial charge is 0.478 e. The first-order valence-corrected chi connectivity index (χ1v) is 5.28. The Morgan fingerprint density at radius 3 is 2.39 bits per heavy atom. The van der Waals surface area contributed by atoms with E-state index in [1.165, 1.54) is 18.2 Å². The molecule has 2 aromatic carbocycles. The molecule has 0 bridgehead atoms. The molecule has 0 unspecified atom stereocenters. The molecule has 1 N–H and O–H groups in total. The van der Waals surface area contributed by atoms with Gasteiger partial charge in [-0.05, 0) is 48.4 Å². The highest BCUT2D eigenvalue weighted by molar-refractivity contribution is 5.89. The number of hydrogen-bond acceptors (Lipinski definition) is 1. The van der Waals surface area contributed by atoms with Gasteiger partial charge in [0, 0.05) is 5.56 Å². The van der Waals surface area contributed by atoms with Crippen LogP contribution in [0.5, 0.6) is 0 Å². The van der Waals surface area contributed by atoms with Gasteiger partial charge >= 0.3 is 5.97 Å². The van der Waals surface area contributed by atoms with Gasteiger partial charge < -0.3 is 5.11 Å². The van der Waals surface area contributed by atoms with E-state index in [0.29, 0.717) is 11.1 Å². The lowest BCUT2D eigenvalue weighted by Crippen LogP contribution is -1.98. The Bertz CT molecular complexity index is 621. The summed E-state index contributed by atoms with van der Waals surface area (Å²) in [5, 5.41) is 8.84. The molecule has 0 aliphatic carbocycles. The van der Waals surface area contributed by atoms with Crippen LogP contribution in [0.4, 0.5) is 8.78 Å². The molecule has 0 saturated carbocycles. The average molecular weight is 248 g/mol. The van der Waals surface area contributed by atoms with Crippen LogP contribution >= 0.6 is 0 Å². The third kappa shape index (κ3) is 2.22. The van der Waals surface area contributed by atoms with Crippen LogP contribution in [0.25, 0.3) is 11.1 Å². The molecule has 18 heavy (non-hydrogen) atoms. The zero-order valence-corrected chi connectivity index (χ0v) is 9.58. The Labute approximate surface area is 103 Å². The Balaban J connectivity index is 2.58. The summed E-state index contributed by atoms with van der Waals surface area (Å²) in [5.41, 5.74) is 1.31. The lowest BCUT2D eigenvalue weighted by molar-refractivity contribution is 0.0697. The highest BCUT2D eigenvalue weighted by atomic mass is 19.1. The fourth-order valence-corrected chi connectivity index (χ4v) is 1.80. The molecule has 0 heterocycles. The molecule has 0 amide bonds. The van der Waals surface area contributed by atoms with Crippen molar-refractivity contribution in [3.63, 3.8) is 0 Å². The maximum Gasteiger partial charge on any atom is 0.335 e. The lowest BCUT2D eigenvalue weighted by Gasteiger charge is -2.08. The van der Waals surface area contributed by atoms with Gasteiger partial charge in [-0.25, -0.2) is 13.6 Å². The first-order chi connectivity index (χ1) is 8.49. The smallest absolute Gasteiger partial charge is 0.335 e. The molecule has 0 spiro atoms. The van der Waals surface area contributed by atoms with Crippen molar-refractivity contribution < 1.29 is 18.7 Å². The van der Waals surface area contributed by atoms with Crippen molar-refractivity contribution in [3.8, 4) is 11.1 Å². The highest BCUT2D eigenvalue weighted by Gasteiger charge is 2.11. The van der Waals surface area contributed by atoms with Gasteiger partial charge in [0.2, 0.25) is 0 Å². The molecule has 0 radical (unpaired) electrons. The van der Waals surface area contributed by atoms with Crippen molar-refractivity contribution >= 4 is 5.97 Å². The topological polar surface area (TPSA) is 37.3 Å². The van der Waals surface area contributed by atoms with E-state index < -0.39 is 17.6 Å². The second kappa shape index (κ2) is 4.56. The summed E-state index contributed by atoms with van der Waals surface area (Å²) >= 11 is 0. The van der Waals surface area contributed by atoms with E-state index in [0.717, 1.165) is 18.2 Å². The maximum atomic E-state index is 13.6. The summed E-state index contributed by atoms with van der Waals surface area (Å²) in [7, 11) is 0. The number of halogens is 2. The number of hydrogen-bond donors (Lipinski definition) is 1. The normalized spacial score (nSPS) is 10.4. The average Bonchev–Trinajstić information content (AvgIpc) is 2.32. The monoisotopic (exact) mass is 248 g/mol. The number of benzene rings is 2. The number of aryl methyl sites for hydroxylation is 1. The zero-order chi connectivity index (χ0) is 13.3. The molecule has 0 fully saturated rings. The second-order valence-corrected chi connectivity index (χ2v) is 3.96. The minimum Gasteiger partial charge on any atom is -0.478 e. The van der Waals surface area contributed by atoms with Gasteiger partial charge in [-0.3, -0.25) is 0 Å². The van der Waals surface area contributed by atoms with Gasteiger partial charge in [-0.1, -0.05) is 6.07 Å². The second-order valence-electron chi connectivity index (χ2n) is 3.96. The van der Waals surface area contributed by atoms with Crippen LogP contribution in [0.15, 0.2) is 36.4 Å². The van der Waals surface area contributed by atoms with Gasteiger partial charge in [0.25, 0.3) is 0 Å². The number of aromatic carboxylic acids is 1. The summed E-state index contributed by atoms with van der Waals surface area (Å²) in [5.74, 6) is -2.12. The molecule has 0 atom stereocenters. The van der Waals surface area contributed by atoms with E-state index in [1.807, 2.05) is 0 Å². The van der Waals surface area contributed by atoms with Crippen LogP contribution in [0.2, 0.25) is 0 Å².